The average Bonchev–Trinajstić information content (AvgIpc) is 3.20. The van der Waals surface area contributed by atoms with Crippen LogP contribution in [0.1, 0.15) is 11.4 Å². The lowest BCUT2D eigenvalue weighted by Gasteiger charge is -2.06. The molecule has 0 aliphatic heterocycles. The summed E-state index contributed by atoms with van der Waals surface area (Å²) in [6.45, 7) is -0.0132. The van der Waals surface area contributed by atoms with Crippen LogP contribution in [0.5, 0.6) is 5.75 Å². The number of aromatic nitrogens is 2. The van der Waals surface area contributed by atoms with Gasteiger partial charge < -0.3 is 10.1 Å². The van der Waals surface area contributed by atoms with Gasteiger partial charge in [-0.1, -0.05) is 22.9 Å². The summed E-state index contributed by atoms with van der Waals surface area (Å²) in [5, 5.41) is 22.3. The first-order valence-electron chi connectivity index (χ1n) is 8.98. The third-order valence-corrected chi connectivity index (χ3v) is 6.43. The molecule has 0 fully saturated rings. The molecule has 0 spiro atoms. The number of carbonyl (C=O) groups excluding carboxylic acids is 1. The number of benzene rings is 2. The molecule has 1 aromatic heterocycles. The van der Waals surface area contributed by atoms with Gasteiger partial charge in [-0.15, -0.1) is 10.2 Å². The first kappa shape index (κ1) is 23.5. The molecule has 0 aliphatic rings. The fourth-order valence-electron chi connectivity index (χ4n) is 2.35. The van der Waals surface area contributed by atoms with Crippen LogP contribution < -0.4 is 14.8 Å². The predicted octanol–water partition coefficient (Wildman–Crippen LogP) is 2.99. The molecule has 0 radical (unpaired) electrons. The molecule has 0 unspecified atom stereocenters. The lowest BCUT2D eigenvalue weighted by Crippen LogP contribution is -2.27. The molecule has 3 rings (SSSR count). The minimum atomic E-state index is -3.91. The summed E-state index contributed by atoms with van der Waals surface area (Å²) in [5.41, 5.74) is -0.224. The standard InChI is InChI=1S/C18H16ClN5O6S2/c19-12-1-5-14(6-2-12)30-11-17-22-23-18(31-17)21-16(25)9-10-20-32(28,29)15-7-3-13(4-8-15)24(26)27/h1-8,20H,9-11H2,(H,21,23,25). The molecular weight excluding hydrogens is 482 g/mol. The maximum absolute atomic E-state index is 12.2. The Kier molecular flexibility index (Phi) is 7.69. The number of hydrogen-bond acceptors (Lipinski definition) is 9. The Morgan fingerprint density at radius 2 is 1.81 bits per heavy atom. The van der Waals surface area contributed by atoms with Crippen molar-refractivity contribution in [3.63, 3.8) is 0 Å². The molecule has 168 valence electrons. The third-order valence-electron chi connectivity index (χ3n) is 3.89. The van der Waals surface area contributed by atoms with Crippen LogP contribution >= 0.6 is 22.9 Å². The van der Waals surface area contributed by atoms with E-state index < -0.39 is 20.9 Å². The lowest BCUT2D eigenvalue weighted by atomic mass is 10.3. The van der Waals surface area contributed by atoms with E-state index in [1.54, 1.807) is 24.3 Å². The van der Waals surface area contributed by atoms with Gasteiger partial charge in [-0.3, -0.25) is 14.9 Å². The van der Waals surface area contributed by atoms with E-state index in [2.05, 4.69) is 20.2 Å². The quantitative estimate of drug-likeness (QED) is 0.320. The Morgan fingerprint density at radius 3 is 2.47 bits per heavy atom. The fourth-order valence-corrected chi connectivity index (χ4v) is 4.18. The molecule has 0 aliphatic carbocycles. The van der Waals surface area contributed by atoms with Crippen molar-refractivity contribution in [3.8, 4) is 5.75 Å². The van der Waals surface area contributed by atoms with E-state index in [0.717, 1.165) is 35.6 Å². The van der Waals surface area contributed by atoms with Crippen molar-refractivity contribution in [2.24, 2.45) is 0 Å². The number of nitro benzene ring substituents is 1. The van der Waals surface area contributed by atoms with Crippen molar-refractivity contribution >= 4 is 49.7 Å². The largest absolute Gasteiger partial charge is 0.486 e. The monoisotopic (exact) mass is 497 g/mol. The van der Waals surface area contributed by atoms with Crippen LogP contribution in [-0.4, -0.2) is 36.0 Å². The van der Waals surface area contributed by atoms with Gasteiger partial charge in [0.15, 0.2) is 5.01 Å². The first-order chi connectivity index (χ1) is 15.2. The van der Waals surface area contributed by atoms with Crippen molar-refractivity contribution < 1.29 is 22.9 Å². The molecule has 32 heavy (non-hydrogen) atoms. The Balaban J connectivity index is 1.44. The second-order valence-electron chi connectivity index (χ2n) is 6.19. The minimum absolute atomic E-state index is 0.141. The van der Waals surface area contributed by atoms with E-state index in [1.165, 1.54) is 0 Å². The van der Waals surface area contributed by atoms with Gasteiger partial charge in [0.2, 0.25) is 21.1 Å². The molecule has 1 amide bonds. The summed E-state index contributed by atoms with van der Waals surface area (Å²) in [6, 6.07) is 11.2. The zero-order valence-corrected chi connectivity index (χ0v) is 18.6. The smallest absolute Gasteiger partial charge is 0.269 e. The number of anilines is 1. The van der Waals surface area contributed by atoms with E-state index in [4.69, 9.17) is 16.3 Å². The second kappa shape index (κ2) is 10.5. The molecule has 2 N–H and O–H groups in total. The number of hydrogen-bond donors (Lipinski definition) is 2. The van der Waals surface area contributed by atoms with Crippen molar-refractivity contribution in [2.75, 3.05) is 11.9 Å². The molecule has 0 saturated carbocycles. The van der Waals surface area contributed by atoms with Crippen LogP contribution in [0, 0.1) is 10.1 Å². The van der Waals surface area contributed by atoms with Gasteiger partial charge in [0.05, 0.1) is 9.82 Å². The summed E-state index contributed by atoms with van der Waals surface area (Å²) in [7, 11) is -3.91. The summed E-state index contributed by atoms with van der Waals surface area (Å²) < 4.78 is 32.2. The number of sulfonamides is 1. The fraction of sp³-hybridized carbons (Fsp3) is 0.167. The number of nitro groups is 1. The van der Waals surface area contributed by atoms with Gasteiger partial charge in [-0.05, 0) is 36.4 Å². The number of nitrogens with one attached hydrogen (secondary N) is 2. The van der Waals surface area contributed by atoms with Crippen molar-refractivity contribution in [2.45, 2.75) is 17.9 Å². The van der Waals surface area contributed by atoms with Crippen LogP contribution in [0.25, 0.3) is 0 Å². The number of ether oxygens (including phenoxy) is 1. The maximum atomic E-state index is 12.2. The van der Waals surface area contributed by atoms with Gasteiger partial charge in [0.1, 0.15) is 12.4 Å². The minimum Gasteiger partial charge on any atom is -0.486 e. The highest BCUT2D eigenvalue weighted by atomic mass is 35.5. The zero-order valence-electron chi connectivity index (χ0n) is 16.2. The van der Waals surface area contributed by atoms with Gasteiger partial charge in [-0.2, -0.15) is 0 Å². The van der Waals surface area contributed by atoms with Crippen LogP contribution in [0.2, 0.25) is 5.02 Å². The van der Waals surface area contributed by atoms with Gasteiger partial charge in [-0.25, -0.2) is 13.1 Å². The number of non-ortho nitro benzene ring substituents is 1. The maximum Gasteiger partial charge on any atom is 0.269 e. The van der Waals surface area contributed by atoms with Gasteiger partial charge in [0, 0.05) is 30.1 Å². The topological polar surface area (TPSA) is 153 Å². The number of halogens is 1. The zero-order chi connectivity index (χ0) is 23.1. The highest BCUT2D eigenvalue weighted by Gasteiger charge is 2.16. The highest BCUT2D eigenvalue weighted by molar-refractivity contribution is 7.89. The predicted molar refractivity (Wildman–Crippen MR) is 117 cm³/mol. The van der Waals surface area contributed by atoms with E-state index in [9.17, 15) is 23.3 Å². The van der Waals surface area contributed by atoms with Crippen LogP contribution in [0.15, 0.2) is 53.4 Å². The molecule has 2 aromatic carbocycles. The van der Waals surface area contributed by atoms with Gasteiger partial charge >= 0.3 is 0 Å². The van der Waals surface area contributed by atoms with Crippen molar-refractivity contribution in [1.82, 2.24) is 14.9 Å². The number of carbonyl (C=O) groups is 1. The summed E-state index contributed by atoms with van der Waals surface area (Å²) in [6.07, 6.45) is -0.150. The van der Waals surface area contributed by atoms with Crippen molar-refractivity contribution in [3.05, 3.63) is 68.7 Å². The average molecular weight is 498 g/mol. The molecule has 14 heteroatoms. The van der Waals surface area contributed by atoms with E-state index in [0.29, 0.717) is 15.8 Å². The van der Waals surface area contributed by atoms with E-state index in [1.807, 2.05) is 0 Å². The molecule has 0 bridgehead atoms. The molecule has 0 saturated heterocycles. The number of rotatable bonds is 10. The highest BCUT2D eigenvalue weighted by Crippen LogP contribution is 2.20. The SMILES string of the molecule is O=C(CCNS(=O)(=O)c1ccc([N+](=O)[O-])cc1)Nc1nnc(COc2ccc(Cl)cc2)s1. The molecular formula is C18H16ClN5O6S2. The third kappa shape index (κ3) is 6.68. The van der Waals surface area contributed by atoms with E-state index >= 15 is 0 Å². The van der Waals surface area contributed by atoms with Crippen molar-refractivity contribution in [1.29, 1.82) is 0 Å². The molecule has 0 atom stereocenters. The Labute approximate surface area is 191 Å². The van der Waals surface area contributed by atoms with E-state index in [-0.39, 0.29) is 35.3 Å². The first-order valence-corrected chi connectivity index (χ1v) is 11.7. The molecule has 3 aromatic rings. The second-order valence-corrected chi connectivity index (χ2v) is 9.46. The van der Waals surface area contributed by atoms with Crippen LogP contribution in [0.4, 0.5) is 10.8 Å². The van der Waals surface area contributed by atoms with Crippen LogP contribution in [-0.2, 0) is 21.4 Å². The summed E-state index contributed by atoms with van der Waals surface area (Å²) in [5.74, 6) is 0.146. The Hall–Kier alpha value is -3.13. The summed E-state index contributed by atoms with van der Waals surface area (Å²) >= 11 is 6.94. The molecule has 11 nitrogen and oxygen atoms in total. The van der Waals surface area contributed by atoms with Gasteiger partial charge in [0.25, 0.3) is 5.69 Å². The molecule has 1 heterocycles. The number of amides is 1. The van der Waals surface area contributed by atoms with Crippen LogP contribution in [0.3, 0.4) is 0 Å². The Morgan fingerprint density at radius 1 is 1.12 bits per heavy atom. The summed E-state index contributed by atoms with van der Waals surface area (Å²) in [4.78, 5) is 21.9. The lowest BCUT2D eigenvalue weighted by molar-refractivity contribution is -0.384. The normalized spacial score (nSPS) is 11.2. The number of nitrogens with zero attached hydrogens (tertiary/aromatic N) is 3. The Bertz CT molecular complexity index is 1200.